The van der Waals surface area contributed by atoms with Crippen LogP contribution in [0.5, 0.6) is 11.5 Å². The van der Waals surface area contributed by atoms with Crippen LogP contribution in [0.15, 0.2) is 66.7 Å². The molecule has 1 aromatic heterocycles. The predicted molar refractivity (Wildman–Crippen MR) is 116 cm³/mol. The van der Waals surface area contributed by atoms with E-state index in [0.717, 1.165) is 52.0 Å². The van der Waals surface area contributed by atoms with Crippen molar-refractivity contribution in [2.75, 3.05) is 13.7 Å². The first-order chi connectivity index (χ1) is 14.7. The Hall–Kier alpha value is -3.31. The molecule has 0 bridgehead atoms. The smallest absolute Gasteiger partial charge is 0.166 e. The van der Waals surface area contributed by atoms with E-state index in [-0.39, 0.29) is 11.9 Å². The van der Waals surface area contributed by atoms with Crippen LogP contribution in [0, 0.1) is 5.82 Å². The standard InChI is InChI=1S/C25H23FN2O2/c1-29-22-9-5-8-19(25(22)30-15-16-6-3-2-4-7-16)23-24-18(12-13-27-23)20-14-17(26)10-11-21(20)28-24/h2-11,14,23,27-28H,12-13,15H2,1H3. The SMILES string of the molecule is COc1cccc(C2NCCc3c2[nH]c2ccc(F)cc32)c1OCc1ccccc1. The van der Waals surface area contributed by atoms with Gasteiger partial charge in [0.15, 0.2) is 11.5 Å². The highest BCUT2D eigenvalue weighted by molar-refractivity contribution is 5.85. The lowest BCUT2D eigenvalue weighted by Gasteiger charge is -2.27. The Morgan fingerprint density at radius 3 is 2.73 bits per heavy atom. The summed E-state index contributed by atoms with van der Waals surface area (Å²) < 4.78 is 25.7. The average molecular weight is 402 g/mol. The Bertz CT molecular complexity index is 1190. The number of benzene rings is 3. The van der Waals surface area contributed by atoms with Gasteiger partial charge in [-0.2, -0.15) is 0 Å². The summed E-state index contributed by atoms with van der Waals surface area (Å²) in [7, 11) is 1.65. The fourth-order valence-electron chi connectivity index (χ4n) is 4.27. The third-order valence-corrected chi connectivity index (χ3v) is 5.68. The molecule has 2 heterocycles. The fraction of sp³-hybridized carbons (Fsp3) is 0.200. The van der Waals surface area contributed by atoms with Gasteiger partial charge in [0.25, 0.3) is 0 Å². The van der Waals surface area contributed by atoms with E-state index in [1.165, 1.54) is 6.07 Å². The first-order valence-electron chi connectivity index (χ1n) is 10.1. The molecule has 1 atom stereocenters. The van der Waals surface area contributed by atoms with E-state index in [0.29, 0.717) is 12.4 Å². The molecule has 0 radical (unpaired) electrons. The van der Waals surface area contributed by atoms with Crippen LogP contribution in [0.25, 0.3) is 10.9 Å². The molecule has 0 fully saturated rings. The molecule has 0 aliphatic carbocycles. The van der Waals surface area contributed by atoms with Gasteiger partial charge >= 0.3 is 0 Å². The van der Waals surface area contributed by atoms with Gasteiger partial charge < -0.3 is 19.8 Å². The van der Waals surface area contributed by atoms with Gasteiger partial charge in [-0.15, -0.1) is 0 Å². The van der Waals surface area contributed by atoms with Crippen LogP contribution in [0.2, 0.25) is 0 Å². The Labute approximate surface area is 174 Å². The van der Waals surface area contributed by atoms with E-state index >= 15 is 0 Å². The summed E-state index contributed by atoms with van der Waals surface area (Å²) in [5.74, 6) is 1.20. The number of hydrogen-bond donors (Lipinski definition) is 2. The predicted octanol–water partition coefficient (Wildman–Crippen LogP) is 5.13. The van der Waals surface area contributed by atoms with Crippen LogP contribution in [0.3, 0.4) is 0 Å². The highest BCUT2D eigenvalue weighted by atomic mass is 19.1. The van der Waals surface area contributed by atoms with Crippen molar-refractivity contribution in [3.63, 3.8) is 0 Å². The number of methoxy groups -OCH3 is 1. The molecule has 5 heteroatoms. The van der Waals surface area contributed by atoms with Crippen LogP contribution in [-0.4, -0.2) is 18.6 Å². The first-order valence-corrected chi connectivity index (χ1v) is 10.1. The topological polar surface area (TPSA) is 46.3 Å². The van der Waals surface area contributed by atoms with E-state index in [1.54, 1.807) is 19.2 Å². The van der Waals surface area contributed by atoms with Crippen molar-refractivity contribution in [2.24, 2.45) is 0 Å². The van der Waals surface area contributed by atoms with Crippen molar-refractivity contribution >= 4 is 10.9 Å². The number of rotatable bonds is 5. The van der Waals surface area contributed by atoms with Gasteiger partial charge in [0, 0.05) is 28.7 Å². The molecule has 0 saturated heterocycles. The van der Waals surface area contributed by atoms with E-state index < -0.39 is 0 Å². The summed E-state index contributed by atoms with van der Waals surface area (Å²) in [6.45, 7) is 1.25. The van der Waals surface area contributed by atoms with E-state index in [1.807, 2.05) is 42.5 Å². The van der Waals surface area contributed by atoms with Gasteiger partial charge in [0.2, 0.25) is 0 Å². The lowest BCUT2D eigenvalue weighted by atomic mass is 9.93. The second kappa shape index (κ2) is 7.84. The lowest BCUT2D eigenvalue weighted by molar-refractivity contribution is 0.278. The van der Waals surface area contributed by atoms with Crippen LogP contribution < -0.4 is 14.8 Å². The molecule has 30 heavy (non-hydrogen) atoms. The zero-order chi connectivity index (χ0) is 20.5. The van der Waals surface area contributed by atoms with E-state index in [4.69, 9.17) is 9.47 Å². The summed E-state index contributed by atoms with van der Waals surface area (Å²) in [6, 6.07) is 20.8. The summed E-state index contributed by atoms with van der Waals surface area (Å²) in [6.07, 6.45) is 0.847. The minimum absolute atomic E-state index is 0.0925. The number of aromatic amines is 1. The van der Waals surface area contributed by atoms with Crippen LogP contribution in [0.4, 0.5) is 4.39 Å². The molecule has 4 nitrogen and oxygen atoms in total. The van der Waals surface area contributed by atoms with Gasteiger partial charge in [-0.1, -0.05) is 42.5 Å². The first kappa shape index (κ1) is 18.7. The van der Waals surface area contributed by atoms with Crippen molar-refractivity contribution in [3.8, 4) is 11.5 Å². The molecule has 1 unspecified atom stereocenters. The molecule has 0 amide bonds. The molecule has 1 aliphatic heterocycles. The normalized spacial score (nSPS) is 15.7. The van der Waals surface area contributed by atoms with Crippen molar-refractivity contribution in [2.45, 2.75) is 19.1 Å². The van der Waals surface area contributed by atoms with Crippen molar-refractivity contribution in [1.29, 1.82) is 0 Å². The van der Waals surface area contributed by atoms with E-state index in [2.05, 4.69) is 16.4 Å². The summed E-state index contributed by atoms with van der Waals surface area (Å²) in [4.78, 5) is 3.50. The largest absolute Gasteiger partial charge is 0.493 e. The molecular weight excluding hydrogens is 379 g/mol. The number of aromatic nitrogens is 1. The summed E-state index contributed by atoms with van der Waals surface area (Å²) in [5, 5.41) is 4.55. The van der Waals surface area contributed by atoms with Gasteiger partial charge in [-0.05, 0) is 41.8 Å². The molecule has 152 valence electrons. The monoisotopic (exact) mass is 402 g/mol. The van der Waals surface area contributed by atoms with Gasteiger partial charge in [-0.3, -0.25) is 0 Å². The number of hydrogen-bond acceptors (Lipinski definition) is 3. The number of ether oxygens (including phenoxy) is 2. The Balaban J connectivity index is 1.57. The number of halogens is 1. The Morgan fingerprint density at radius 2 is 1.90 bits per heavy atom. The molecule has 3 aromatic carbocycles. The van der Waals surface area contributed by atoms with E-state index in [9.17, 15) is 4.39 Å². The van der Waals surface area contributed by atoms with Crippen molar-refractivity contribution < 1.29 is 13.9 Å². The van der Waals surface area contributed by atoms with Crippen LogP contribution in [0.1, 0.15) is 28.4 Å². The fourth-order valence-corrected chi connectivity index (χ4v) is 4.27. The highest BCUT2D eigenvalue weighted by Gasteiger charge is 2.28. The Kier molecular flexibility index (Phi) is 4.89. The molecule has 5 rings (SSSR count). The van der Waals surface area contributed by atoms with Crippen molar-refractivity contribution in [3.05, 3.63) is 94.9 Å². The number of fused-ring (bicyclic) bond motifs is 3. The minimum atomic E-state index is -0.215. The lowest BCUT2D eigenvalue weighted by Crippen LogP contribution is -2.30. The number of para-hydroxylation sites is 1. The van der Waals surface area contributed by atoms with Crippen molar-refractivity contribution in [1.82, 2.24) is 10.3 Å². The third kappa shape index (κ3) is 3.31. The second-order valence-corrected chi connectivity index (χ2v) is 7.50. The zero-order valence-electron chi connectivity index (χ0n) is 16.7. The highest BCUT2D eigenvalue weighted by Crippen LogP contribution is 2.41. The van der Waals surface area contributed by atoms with Crippen LogP contribution in [-0.2, 0) is 13.0 Å². The third-order valence-electron chi connectivity index (χ3n) is 5.68. The maximum absolute atomic E-state index is 13.9. The van der Waals surface area contributed by atoms with Crippen LogP contribution >= 0.6 is 0 Å². The van der Waals surface area contributed by atoms with Gasteiger partial charge in [0.05, 0.1) is 13.2 Å². The maximum Gasteiger partial charge on any atom is 0.166 e. The molecular formula is C25H23FN2O2. The molecule has 0 saturated carbocycles. The zero-order valence-corrected chi connectivity index (χ0v) is 16.7. The summed E-state index contributed by atoms with van der Waals surface area (Å²) >= 11 is 0. The second-order valence-electron chi connectivity index (χ2n) is 7.50. The average Bonchev–Trinajstić information content (AvgIpc) is 3.16. The minimum Gasteiger partial charge on any atom is -0.493 e. The maximum atomic E-state index is 13.9. The van der Waals surface area contributed by atoms with Gasteiger partial charge in [-0.25, -0.2) is 4.39 Å². The molecule has 2 N–H and O–H groups in total. The molecule has 4 aromatic rings. The Morgan fingerprint density at radius 1 is 1.03 bits per heavy atom. The number of H-pyrrole nitrogens is 1. The quantitative estimate of drug-likeness (QED) is 0.487. The summed E-state index contributed by atoms with van der Waals surface area (Å²) in [5.41, 5.74) is 5.25. The molecule has 1 aliphatic rings. The number of nitrogens with one attached hydrogen (secondary N) is 2. The van der Waals surface area contributed by atoms with Gasteiger partial charge in [0.1, 0.15) is 12.4 Å². The molecule has 0 spiro atoms.